The minimum atomic E-state index is -0.286. The normalized spacial score (nSPS) is 11.3. The van der Waals surface area contributed by atoms with Gasteiger partial charge in [0.05, 0.1) is 0 Å². The summed E-state index contributed by atoms with van der Waals surface area (Å²) >= 11 is 0. The van der Waals surface area contributed by atoms with Crippen molar-refractivity contribution in [3.05, 3.63) is 60.4 Å². The molecule has 0 saturated heterocycles. The van der Waals surface area contributed by atoms with Gasteiger partial charge in [-0.25, -0.2) is 4.98 Å². The molecule has 3 heterocycles. The molecule has 1 aromatic carbocycles. The molecule has 152 valence electrons. The highest BCUT2D eigenvalue weighted by atomic mass is 16.5. The molecule has 0 bridgehead atoms. The van der Waals surface area contributed by atoms with Crippen LogP contribution >= 0.6 is 0 Å². The van der Waals surface area contributed by atoms with Gasteiger partial charge in [0.15, 0.2) is 5.82 Å². The lowest BCUT2D eigenvalue weighted by Gasteiger charge is -2.06. The van der Waals surface area contributed by atoms with Crippen LogP contribution in [0.25, 0.3) is 22.2 Å². The number of carbonyl (C=O) groups is 1. The van der Waals surface area contributed by atoms with Crippen molar-refractivity contribution in [1.82, 2.24) is 24.9 Å². The molecular formula is C21H21N7O2. The van der Waals surface area contributed by atoms with E-state index in [4.69, 9.17) is 4.52 Å². The summed E-state index contributed by atoms with van der Waals surface area (Å²) in [4.78, 5) is 20.8. The van der Waals surface area contributed by atoms with E-state index in [0.717, 1.165) is 28.5 Å². The zero-order chi connectivity index (χ0) is 21.1. The second kappa shape index (κ2) is 8.16. The molecular weight excluding hydrogens is 382 g/mol. The highest BCUT2D eigenvalue weighted by molar-refractivity contribution is 5.99. The molecule has 0 atom stereocenters. The maximum Gasteiger partial charge on any atom is 0.251 e. The summed E-state index contributed by atoms with van der Waals surface area (Å²) in [5.74, 6) is 1.87. The second-order valence-corrected chi connectivity index (χ2v) is 6.70. The zero-order valence-electron chi connectivity index (χ0n) is 16.9. The average molecular weight is 403 g/mol. The van der Waals surface area contributed by atoms with Crippen molar-refractivity contribution in [2.75, 3.05) is 10.6 Å². The van der Waals surface area contributed by atoms with E-state index in [1.54, 1.807) is 24.0 Å². The molecule has 4 rings (SSSR count). The third-order valence-electron chi connectivity index (χ3n) is 4.60. The Hall–Kier alpha value is -4.01. The Bertz CT molecular complexity index is 1240. The Morgan fingerprint density at radius 2 is 2.13 bits per heavy atom. The van der Waals surface area contributed by atoms with Crippen LogP contribution in [-0.4, -0.2) is 30.8 Å². The van der Waals surface area contributed by atoms with Gasteiger partial charge in [-0.15, -0.1) is 0 Å². The van der Waals surface area contributed by atoms with E-state index >= 15 is 0 Å². The number of pyridine rings is 1. The number of nitrogens with zero attached hydrogens (tertiary/aromatic N) is 5. The fraction of sp³-hybridized carbons (Fsp3) is 0.190. The number of aryl methyl sites for hydroxylation is 3. The number of amides is 1. The van der Waals surface area contributed by atoms with E-state index in [1.165, 1.54) is 6.08 Å². The molecule has 9 heteroatoms. The molecule has 0 aliphatic rings. The molecule has 2 N–H and O–H groups in total. The van der Waals surface area contributed by atoms with Crippen molar-refractivity contribution in [2.24, 2.45) is 7.05 Å². The maximum atomic E-state index is 12.2. The topological polar surface area (TPSA) is 111 Å². The van der Waals surface area contributed by atoms with E-state index in [1.807, 2.05) is 44.3 Å². The van der Waals surface area contributed by atoms with Crippen LogP contribution in [-0.2, 0) is 18.3 Å². The van der Waals surface area contributed by atoms with Gasteiger partial charge in [0, 0.05) is 55.2 Å². The lowest BCUT2D eigenvalue weighted by Crippen LogP contribution is -2.09. The number of rotatable bonds is 6. The molecule has 0 unspecified atom stereocenters. The van der Waals surface area contributed by atoms with Gasteiger partial charge in [0.25, 0.3) is 5.91 Å². The van der Waals surface area contributed by atoms with Crippen molar-refractivity contribution in [3.8, 4) is 11.4 Å². The number of hydrogen-bond acceptors (Lipinski definition) is 7. The Kier molecular flexibility index (Phi) is 5.25. The van der Waals surface area contributed by atoms with Crippen molar-refractivity contribution in [3.63, 3.8) is 0 Å². The zero-order valence-corrected chi connectivity index (χ0v) is 16.9. The average Bonchev–Trinajstić information content (AvgIpc) is 3.32. The van der Waals surface area contributed by atoms with E-state index in [9.17, 15) is 4.79 Å². The molecule has 0 radical (unpaired) electrons. The summed E-state index contributed by atoms with van der Waals surface area (Å²) in [6.07, 6.45) is 5.49. The summed E-state index contributed by atoms with van der Waals surface area (Å²) in [5.41, 5.74) is 1.86. The summed E-state index contributed by atoms with van der Waals surface area (Å²) in [6, 6.07) is 9.59. The van der Waals surface area contributed by atoms with Crippen LogP contribution in [0, 0.1) is 6.92 Å². The number of aromatic nitrogens is 5. The molecule has 0 spiro atoms. The van der Waals surface area contributed by atoms with Crippen LogP contribution in [0.5, 0.6) is 0 Å². The van der Waals surface area contributed by atoms with Gasteiger partial charge in [-0.2, -0.15) is 10.1 Å². The van der Waals surface area contributed by atoms with Crippen LogP contribution in [0.2, 0.25) is 0 Å². The van der Waals surface area contributed by atoms with Gasteiger partial charge in [-0.05, 0) is 23.9 Å². The first kappa shape index (κ1) is 19.3. The molecule has 1 amide bonds. The lowest BCUT2D eigenvalue weighted by molar-refractivity contribution is -0.111. The van der Waals surface area contributed by atoms with Crippen LogP contribution in [0.15, 0.2) is 53.3 Å². The highest BCUT2D eigenvalue weighted by Crippen LogP contribution is 2.26. The number of hydrogen-bond donors (Lipinski definition) is 2. The Morgan fingerprint density at radius 1 is 1.27 bits per heavy atom. The van der Waals surface area contributed by atoms with Crippen molar-refractivity contribution >= 4 is 28.3 Å². The molecule has 4 aromatic rings. The smallest absolute Gasteiger partial charge is 0.251 e. The summed E-state index contributed by atoms with van der Waals surface area (Å²) in [7, 11) is 1.85. The minimum Gasteiger partial charge on any atom is -0.346 e. The van der Waals surface area contributed by atoms with Crippen LogP contribution in [0.3, 0.4) is 0 Å². The first-order chi connectivity index (χ1) is 14.5. The molecule has 30 heavy (non-hydrogen) atoms. The molecule has 3 aromatic heterocycles. The standard InChI is InChI=1S/C21H21N7O2/c1-4-16-12-18(26-28(16)3)25-19(29)8-10-23-21-17-11-15(20-24-13(2)30-27-20)6-5-14(17)7-9-22-21/h5-12H,4H2,1-3H3,(H,22,23)(H,25,26,29). The van der Waals surface area contributed by atoms with Gasteiger partial charge in [0.2, 0.25) is 11.7 Å². The van der Waals surface area contributed by atoms with E-state index in [-0.39, 0.29) is 5.91 Å². The van der Waals surface area contributed by atoms with Crippen LogP contribution < -0.4 is 10.6 Å². The molecule has 9 nitrogen and oxygen atoms in total. The van der Waals surface area contributed by atoms with Crippen LogP contribution in [0.4, 0.5) is 11.6 Å². The third-order valence-corrected chi connectivity index (χ3v) is 4.60. The van der Waals surface area contributed by atoms with Gasteiger partial charge < -0.3 is 15.2 Å². The van der Waals surface area contributed by atoms with Gasteiger partial charge in [-0.3, -0.25) is 9.48 Å². The second-order valence-electron chi connectivity index (χ2n) is 6.70. The molecule has 0 aliphatic carbocycles. The quantitative estimate of drug-likeness (QED) is 0.474. The molecule has 0 fully saturated rings. The summed E-state index contributed by atoms with van der Waals surface area (Å²) < 4.78 is 6.81. The SMILES string of the molecule is CCc1cc(NC(=O)C=CNc2nccc3ccc(-c4noc(C)n4)cc23)nn1C. The summed E-state index contributed by atoms with van der Waals surface area (Å²) in [5, 5.41) is 15.9. The van der Waals surface area contributed by atoms with Gasteiger partial charge in [-0.1, -0.05) is 24.2 Å². The summed E-state index contributed by atoms with van der Waals surface area (Å²) in [6.45, 7) is 3.78. The monoisotopic (exact) mass is 403 g/mol. The Balaban J connectivity index is 1.50. The minimum absolute atomic E-state index is 0.286. The van der Waals surface area contributed by atoms with Crippen molar-refractivity contribution in [2.45, 2.75) is 20.3 Å². The first-order valence-corrected chi connectivity index (χ1v) is 9.50. The van der Waals surface area contributed by atoms with Gasteiger partial charge >= 0.3 is 0 Å². The third kappa shape index (κ3) is 4.04. The molecule has 0 aliphatic heterocycles. The first-order valence-electron chi connectivity index (χ1n) is 9.50. The van der Waals surface area contributed by atoms with Gasteiger partial charge in [0.1, 0.15) is 5.82 Å². The molecule has 0 saturated carbocycles. The van der Waals surface area contributed by atoms with Crippen molar-refractivity contribution in [1.29, 1.82) is 0 Å². The maximum absolute atomic E-state index is 12.2. The fourth-order valence-electron chi connectivity index (χ4n) is 3.10. The predicted octanol–water partition coefficient (Wildman–Crippen LogP) is 3.45. The lowest BCUT2D eigenvalue weighted by atomic mass is 10.1. The number of carbonyl (C=O) groups excluding carboxylic acids is 1. The number of anilines is 2. The largest absolute Gasteiger partial charge is 0.346 e. The number of benzene rings is 1. The Morgan fingerprint density at radius 3 is 2.87 bits per heavy atom. The van der Waals surface area contributed by atoms with E-state index in [0.29, 0.717) is 23.4 Å². The van der Waals surface area contributed by atoms with E-state index in [2.05, 4.69) is 30.9 Å². The van der Waals surface area contributed by atoms with E-state index < -0.39 is 0 Å². The number of nitrogens with one attached hydrogen (secondary N) is 2. The number of fused-ring (bicyclic) bond motifs is 1. The Labute approximate surface area is 172 Å². The fourth-order valence-corrected chi connectivity index (χ4v) is 3.10. The van der Waals surface area contributed by atoms with Crippen LogP contribution in [0.1, 0.15) is 18.5 Å². The van der Waals surface area contributed by atoms with Crippen molar-refractivity contribution < 1.29 is 9.32 Å². The highest BCUT2D eigenvalue weighted by Gasteiger charge is 2.09. The predicted molar refractivity (Wildman–Crippen MR) is 114 cm³/mol.